The number of amidine groups is 1. The van der Waals surface area contributed by atoms with Crippen molar-refractivity contribution in [1.82, 2.24) is 6.15 Å². The molecule has 93 heavy (non-hydrogen) atoms. The zero-order valence-electron chi connectivity index (χ0n) is 51.3. The number of carbonyl (C=O) groups is 4. The number of carboxylic acid groups (broad SMARTS) is 2. The predicted octanol–water partition coefficient (Wildman–Crippen LogP) is 13.1. The summed E-state index contributed by atoms with van der Waals surface area (Å²) in [6.07, 6.45) is 0. The van der Waals surface area contributed by atoms with E-state index in [1.165, 1.54) is 41.6 Å². The van der Waals surface area contributed by atoms with Crippen LogP contribution in [0.1, 0.15) is 88.8 Å². The largest absolute Gasteiger partial charge is 0.481 e. The number of aliphatic carboxylic acids is 2. The third-order valence-electron chi connectivity index (χ3n) is 13.3. The van der Waals surface area contributed by atoms with Crippen molar-refractivity contribution in [2.75, 3.05) is 23.0 Å². The zero-order valence-corrected chi connectivity index (χ0v) is 55.4. The molecule has 0 saturated heterocycles. The number of thioether (sulfide) groups is 2. The van der Waals surface area contributed by atoms with Crippen molar-refractivity contribution in [3.8, 4) is 0 Å². The fourth-order valence-corrected chi connectivity index (χ4v) is 15.5. The van der Waals surface area contributed by atoms with Crippen molar-refractivity contribution >= 4 is 84.7 Å². The van der Waals surface area contributed by atoms with Gasteiger partial charge in [0.15, 0.2) is 0 Å². The number of carboxylic acids is 2. The van der Waals surface area contributed by atoms with Crippen LogP contribution in [0.5, 0.6) is 0 Å². The Labute approximate surface area is 561 Å². The fraction of sp³-hybridized carbons (Fsp3) is 0.133. The summed E-state index contributed by atoms with van der Waals surface area (Å²) in [5.74, 6) is -2.70. The molecule has 0 aliphatic carbocycles. The smallest absolute Gasteiger partial charge is 0.316 e. The van der Waals surface area contributed by atoms with Gasteiger partial charge in [-0.25, -0.2) is 0 Å². The minimum atomic E-state index is -1.49. The summed E-state index contributed by atoms with van der Waals surface area (Å²) >= 11 is 2.91. The first kappa shape index (κ1) is 74.6. The third kappa shape index (κ3) is 26.2. The molecular weight excluding hydrogens is 1260 g/mol. The van der Waals surface area contributed by atoms with E-state index in [0.717, 1.165) is 44.5 Å². The maximum absolute atomic E-state index is 12.4. The van der Waals surface area contributed by atoms with Gasteiger partial charge < -0.3 is 22.1 Å². The molecule has 11 N–H and O–H groups in total. The molecule has 10 aromatic rings. The van der Waals surface area contributed by atoms with Crippen LogP contribution in [0.4, 0.5) is 0 Å². The molecule has 0 fully saturated rings. The van der Waals surface area contributed by atoms with Crippen LogP contribution in [0.2, 0.25) is 0 Å². The minimum Gasteiger partial charge on any atom is -0.481 e. The highest BCUT2D eigenvalue weighted by atomic mass is 32.2. The highest BCUT2D eigenvalue weighted by molar-refractivity contribution is 8.13. The Bertz CT molecular complexity index is 3430. The quantitative estimate of drug-likeness (QED) is 0.0257. The topological polar surface area (TPSA) is 273 Å². The molecule has 0 aliphatic heterocycles. The van der Waals surface area contributed by atoms with Gasteiger partial charge in [0.1, 0.15) is 17.3 Å². The molecule has 13 nitrogen and oxygen atoms in total. The highest BCUT2D eigenvalue weighted by Crippen LogP contribution is 2.37. The number of Topliss-reactive ketones (excluding diaryl/α,β-unsaturated/α-hetero) is 1. The normalized spacial score (nSPS) is 11.5. The van der Waals surface area contributed by atoms with Crippen LogP contribution in [-0.4, -0.2) is 74.6 Å². The average Bonchev–Trinajstić information content (AvgIpc) is 1.34. The maximum atomic E-state index is 12.4. The summed E-state index contributed by atoms with van der Waals surface area (Å²) in [5, 5.41) is 22.9. The number of hydrogen-bond acceptors (Lipinski definition) is 10. The first-order valence-corrected chi connectivity index (χ1v) is 35.1. The van der Waals surface area contributed by atoms with Crippen LogP contribution in [0, 0.1) is 0 Å². The molecule has 0 bridgehead atoms. The van der Waals surface area contributed by atoms with Gasteiger partial charge in [-0.05, 0) is 74.3 Å². The van der Waals surface area contributed by atoms with E-state index in [1.54, 1.807) is 0 Å². The maximum Gasteiger partial charge on any atom is 0.316 e. The summed E-state index contributed by atoms with van der Waals surface area (Å²) in [7, 11) is -4.09. The van der Waals surface area contributed by atoms with Crippen LogP contribution in [0.15, 0.2) is 303 Å². The molecule has 18 heteroatoms. The summed E-state index contributed by atoms with van der Waals surface area (Å²) < 4.78 is 37.1. The summed E-state index contributed by atoms with van der Waals surface area (Å²) in [5.41, 5.74) is 21.0. The van der Waals surface area contributed by atoms with Crippen molar-refractivity contribution in [1.29, 1.82) is 0 Å². The lowest BCUT2D eigenvalue weighted by Crippen LogP contribution is -2.43. The molecule has 10 aromatic carbocycles. The summed E-state index contributed by atoms with van der Waals surface area (Å²) in [6, 6.07) is 97.6. The molecule has 0 heterocycles. The zero-order chi connectivity index (χ0) is 65.9. The second-order valence-corrected chi connectivity index (χ2v) is 27.2. The van der Waals surface area contributed by atoms with Crippen molar-refractivity contribution in [3.05, 3.63) is 359 Å². The van der Waals surface area contributed by atoms with Crippen LogP contribution >= 0.6 is 23.5 Å². The molecule has 0 aromatic heterocycles. The molecule has 0 spiro atoms. The van der Waals surface area contributed by atoms with E-state index in [9.17, 15) is 31.8 Å². The summed E-state index contributed by atoms with van der Waals surface area (Å²) in [6.45, 7) is 1.48. The Morgan fingerprint density at radius 3 is 0.774 bits per heavy atom. The van der Waals surface area contributed by atoms with Crippen molar-refractivity contribution in [3.63, 3.8) is 0 Å². The number of rotatable bonds is 23. The van der Waals surface area contributed by atoms with Crippen LogP contribution in [0.3, 0.4) is 0 Å². The molecule has 0 aliphatic rings. The molecule has 1 amide bonds. The third-order valence-corrected chi connectivity index (χ3v) is 20.7. The van der Waals surface area contributed by atoms with E-state index in [0.29, 0.717) is 5.17 Å². The average molecular weight is 1340 g/mol. The Hall–Kier alpha value is -9.14. The number of benzene rings is 10. The standard InChI is InChI=1S/C16H16O2S.C15H15NO2S.C15H14O3S.C15H14O2S.C14H14N2S.H3N/c1-13(17)12-19(18)16(14-8-4-2-5-9-14)15-10-6-3-7-11-15;2*16-14(17)11-19(18)15(12-7-3-1-4-8-12)13-9-5-2-6-10-13;16-14(17)11-18-15(12-7-3-1-4-8-12)13-9-5-2-6-10-13;15-14(16)17-13(11-7-3-1-4-8-11)12-9-5-2-6-10-12;/h2-11,16H,12H2,1H3;1-10,15H,11H2,(H2,16,17);1-10,15H,11H2,(H,16,17);1-10,15H,11H2,(H,16,17);1-10,13H,(H3,15,16);1H3/p+1. The number of primary amides is 1. The van der Waals surface area contributed by atoms with Gasteiger partial charge in [0.05, 0.1) is 37.8 Å². The molecular formula is C75H77N4O9S5+. The van der Waals surface area contributed by atoms with Gasteiger partial charge in [-0.15, -0.1) is 11.8 Å². The molecule has 3 unspecified atom stereocenters. The predicted molar refractivity (Wildman–Crippen MR) is 384 cm³/mol. The van der Waals surface area contributed by atoms with Crippen LogP contribution < -0.4 is 23.0 Å². The first-order chi connectivity index (χ1) is 44.6. The second-order valence-electron chi connectivity index (χ2n) is 20.4. The SMILES string of the molecule is CC(=O)CS(=O)C(c1ccccc1)c1ccccc1.N.NC(=O)CS(=O)C(c1ccccc1)c1ccccc1.NC(=[NH2+])SC(c1ccccc1)c1ccccc1.O=C(O)CS(=O)C(c1ccccc1)c1ccccc1.O=C(O)CSC(c1ccccc1)c1ccccc1. The Kier molecular flexibility index (Phi) is 33.2. The van der Waals surface area contributed by atoms with Crippen molar-refractivity contribution in [2.45, 2.75) is 33.2 Å². The van der Waals surface area contributed by atoms with Crippen LogP contribution in [0.25, 0.3) is 0 Å². The lowest BCUT2D eigenvalue weighted by Gasteiger charge is -2.17. The van der Waals surface area contributed by atoms with E-state index in [-0.39, 0.29) is 55.9 Å². The minimum absolute atomic E-state index is 0. The second kappa shape index (κ2) is 41.4. The lowest BCUT2D eigenvalue weighted by molar-refractivity contribution is -0.135. The number of carbonyl (C=O) groups excluding carboxylic acids is 2. The first-order valence-electron chi connectivity index (χ1n) is 29.1. The van der Waals surface area contributed by atoms with E-state index in [2.05, 4.69) is 24.3 Å². The van der Waals surface area contributed by atoms with Crippen LogP contribution in [-0.2, 0) is 51.6 Å². The highest BCUT2D eigenvalue weighted by Gasteiger charge is 2.25. The number of ketones is 1. The van der Waals surface area contributed by atoms with E-state index in [1.807, 2.05) is 279 Å². The Morgan fingerprint density at radius 2 is 0.570 bits per heavy atom. The number of hydrogen-bond donors (Lipinski definition) is 6. The van der Waals surface area contributed by atoms with Gasteiger partial charge in [0.25, 0.3) is 0 Å². The summed E-state index contributed by atoms with van der Waals surface area (Å²) in [4.78, 5) is 43.8. The van der Waals surface area contributed by atoms with Gasteiger partial charge in [-0.1, -0.05) is 303 Å². The Morgan fingerprint density at radius 1 is 0.355 bits per heavy atom. The lowest BCUT2D eigenvalue weighted by atomic mass is 10.0. The van der Waals surface area contributed by atoms with Gasteiger partial charge >= 0.3 is 17.1 Å². The molecule has 3 atom stereocenters. The molecule has 10 rings (SSSR count). The van der Waals surface area contributed by atoms with Gasteiger partial charge in [-0.2, -0.15) is 0 Å². The van der Waals surface area contributed by atoms with Gasteiger partial charge in [0, 0.05) is 32.4 Å². The van der Waals surface area contributed by atoms with Crippen molar-refractivity contribution in [2.24, 2.45) is 11.5 Å². The monoisotopic (exact) mass is 1340 g/mol. The molecule has 0 saturated carbocycles. The number of nitrogens with two attached hydrogens (primary N) is 3. The van der Waals surface area contributed by atoms with E-state index in [4.69, 9.17) is 27.1 Å². The van der Waals surface area contributed by atoms with E-state index < -0.39 is 55.5 Å². The van der Waals surface area contributed by atoms with Gasteiger partial charge in [-0.3, -0.25) is 42.9 Å². The number of amides is 1. The molecule has 480 valence electrons. The van der Waals surface area contributed by atoms with E-state index >= 15 is 0 Å². The van der Waals surface area contributed by atoms with Crippen molar-refractivity contribution < 1.29 is 47.4 Å². The Balaban J connectivity index is 0.000000210. The molecule has 0 radical (unpaired) electrons. The fourth-order valence-electron chi connectivity index (χ4n) is 9.48. The van der Waals surface area contributed by atoms with Gasteiger partial charge in [0.2, 0.25) is 5.91 Å².